The summed E-state index contributed by atoms with van der Waals surface area (Å²) in [6, 6.07) is 5.24. The molecule has 2 N–H and O–H groups in total. The number of nitrogens with zero attached hydrogens (tertiary/aromatic N) is 1. The predicted molar refractivity (Wildman–Crippen MR) is 63.5 cm³/mol. The van der Waals surface area contributed by atoms with E-state index in [1.54, 1.807) is 30.1 Å². The van der Waals surface area contributed by atoms with Gasteiger partial charge in [0.25, 0.3) is 5.91 Å². The molecule has 0 aromatic heterocycles. The van der Waals surface area contributed by atoms with Crippen LogP contribution in [0.15, 0.2) is 18.2 Å². The molecule has 5 heteroatoms. The number of hydrogen-bond acceptors (Lipinski definition) is 4. The van der Waals surface area contributed by atoms with E-state index in [2.05, 4.69) is 12.4 Å². The molecular weight excluding hydrogens is 220 g/mol. The predicted octanol–water partition coefficient (Wildman–Crippen LogP) is 0.774. The van der Waals surface area contributed by atoms with Crippen LogP contribution in [0, 0.1) is 7.05 Å². The maximum atomic E-state index is 11.1. The van der Waals surface area contributed by atoms with Crippen LogP contribution in [0.1, 0.15) is 11.7 Å². The van der Waals surface area contributed by atoms with Crippen molar-refractivity contribution in [3.8, 4) is 5.75 Å². The molecule has 0 spiro atoms. The fourth-order valence-corrected chi connectivity index (χ4v) is 1.70. The third-order valence-electron chi connectivity index (χ3n) is 2.51. The molecule has 0 saturated heterocycles. The number of nitrogens with one attached hydrogen (secondary N) is 1. The SMILES string of the molecule is [CH2]N(C)CC(O)c1ccc2c(c1)OCC(=O)N2. The number of fused-ring (bicyclic) bond motifs is 1. The Hall–Kier alpha value is -1.59. The second kappa shape index (κ2) is 4.73. The van der Waals surface area contributed by atoms with Crippen molar-refractivity contribution in [3.05, 3.63) is 30.8 Å². The molecule has 1 radical (unpaired) electrons. The molecule has 2 rings (SSSR count). The summed E-state index contributed by atoms with van der Waals surface area (Å²) in [6.45, 7) is 0.451. The number of anilines is 1. The van der Waals surface area contributed by atoms with Gasteiger partial charge in [-0.25, -0.2) is 0 Å². The van der Waals surface area contributed by atoms with Crippen LogP contribution in [0.4, 0.5) is 5.69 Å². The van der Waals surface area contributed by atoms with Crippen LogP contribution in [0.25, 0.3) is 0 Å². The number of amides is 1. The Morgan fingerprint density at radius 1 is 1.65 bits per heavy atom. The maximum absolute atomic E-state index is 11.1. The molecule has 17 heavy (non-hydrogen) atoms. The topological polar surface area (TPSA) is 61.8 Å². The van der Waals surface area contributed by atoms with E-state index >= 15 is 0 Å². The van der Waals surface area contributed by atoms with Gasteiger partial charge in [0.1, 0.15) is 5.75 Å². The molecule has 0 saturated carbocycles. The Morgan fingerprint density at radius 3 is 3.12 bits per heavy atom. The first-order valence-corrected chi connectivity index (χ1v) is 5.32. The summed E-state index contributed by atoms with van der Waals surface area (Å²) in [5.74, 6) is 0.427. The van der Waals surface area contributed by atoms with Crippen LogP contribution in [-0.4, -0.2) is 36.1 Å². The zero-order valence-corrected chi connectivity index (χ0v) is 9.64. The molecule has 5 nitrogen and oxygen atoms in total. The average molecular weight is 235 g/mol. The molecule has 0 bridgehead atoms. The highest BCUT2D eigenvalue weighted by Crippen LogP contribution is 2.30. The minimum atomic E-state index is -0.621. The third kappa shape index (κ3) is 2.75. The zero-order chi connectivity index (χ0) is 12.4. The van der Waals surface area contributed by atoms with Gasteiger partial charge in [0, 0.05) is 13.6 Å². The van der Waals surface area contributed by atoms with E-state index in [1.807, 2.05) is 0 Å². The lowest BCUT2D eigenvalue weighted by atomic mass is 10.1. The summed E-state index contributed by atoms with van der Waals surface area (Å²) in [6.07, 6.45) is -0.621. The summed E-state index contributed by atoms with van der Waals surface area (Å²) >= 11 is 0. The largest absolute Gasteiger partial charge is 0.482 e. The minimum Gasteiger partial charge on any atom is -0.482 e. The molecule has 1 aliphatic heterocycles. The van der Waals surface area contributed by atoms with Crippen LogP contribution < -0.4 is 10.1 Å². The first kappa shape index (κ1) is 11.9. The number of benzene rings is 1. The van der Waals surface area contributed by atoms with Crippen LogP contribution in [0.3, 0.4) is 0 Å². The van der Waals surface area contributed by atoms with Crippen molar-refractivity contribution < 1.29 is 14.6 Å². The quantitative estimate of drug-likeness (QED) is 0.812. The molecule has 0 fully saturated rings. The summed E-state index contributed by atoms with van der Waals surface area (Å²) < 4.78 is 5.28. The lowest BCUT2D eigenvalue weighted by Crippen LogP contribution is -2.25. The third-order valence-corrected chi connectivity index (χ3v) is 2.51. The average Bonchev–Trinajstić information content (AvgIpc) is 2.27. The molecule has 1 aromatic rings. The molecule has 1 atom stereocenters. The molecular formula is C12H15N2O3. The minimum absolute atomic E-state index is 0.0157. The second-order valence-corrected chi connectivity index (χ2v) is 4.15. The van der Waals surface area contributed by atoms with E-state index in [0.717, 1.165) is 5.56 Å². The number of carbonyl (C=O) groups excluding carboxylic acids is 1. The summed E-state index contributed by atoms with van der Waals surface area (Å²) in [5.41, 5.74) is 1.38. The standard InChI is InChI=1S/C12H15N2O3/c1-14(2)6-10(15)8-3-4-9-11(5-8)17-7-12(16)13-9/h3-5,10,15H,1,6-7H2,2H3,(H,13,16). The van der Waals surface area contributed by atoms with Crippen molar-refractivity contribution >= 4 is 11.6 Å². The smallest absolute Gasteiger partial charge is 0.262 e. The lowest BCUT2D eigenvalue weighted by Gasteiger charge is -2.21. The Labute approximate surface area is 100.0 Å². The first-order chi connectivity index (χ1) is 8.06. The van der Waals surface area contributed by atoms with Gasteiger partial charge in [-0.2, -0.15) is 0 Å². The fraction of sp³-hybridized carbons (Fsp3) is 0.333. The fourth-order valence-electron chi connectivity index (χ4n) is 1.70. The maximum Gasteiger partial charge on any atom is 0.262 e. The molecule has 1 heterocycles. The number of hydrogen-bond donors (Lipinski definition) is 2. The molecule has 91 valence electrons. The van der Waals surface area contributed by atoms with Gasteiger partial charge in [0.05, 0.1) is 11.8 Å². The highest BCUT2D eigenvalue weighted by molar-refractivity contribution is 5.95. The Bertz CT molecular complexity index is 432. The number of carbonyl (C=O) groups is 1. The van der Waals surface area contributed by atoms with Gasteiger partial charge in [-0.15, -0.1) is 0 Å². The van der Waals surface area contributed by atoms with E-state index in [9.17, 15) is 9.90 Å². The number of ether oxygens (including phenoxy) is 1. The van der Waals surface area contributed by atoms with Gasteiger partial charge < -0.3 is 20.1 Å². The van der Waals surface area contributed by atoms with E-state index in [1.165, 1.54) is 0 Å². The second-order valence-electron chi connectivity index (χ2n) is 4.15. The van der Waals surface area contributed by atoms with Crippen molar-refractivity contribution in [3.63, 3.8) is 0 Å². The van der Waals surface area contributed by atoms with Crippen molar-refractivity contribution in [2.45, 2.75) is 6.10 Å². The lowest BCUT2D eigenvalue weighted by molar-refractivity contribution is -0.118. The Morgan fingerprint density at radius 2 is 2.41 bits per heavy atom. The highest BCUT2D eigenvalue weighted by Gasteiger charge is 2.18. The highest BCUT2D eigenvalue weighted by atomic mass is 16.5. The Balaban J connectivity index is 2.19. The molecule has 1 aliphatic rings. The van der Waals surface area contributed by atoms with Crippen LogP contribution in [0.5, 0.6) is 5.75 Å². The van der Waals surface area contributed by atoms with Gasteiger partial charge in [0.15, 0.2) is 6.61 Å². The first-order valence-electron chi connectivity index (χ1n) is 5.32. The van der Waals surface area contributed by atoms with Crippen LogP contribution in [-0.2, 0) is 4.79 Å². The summed E-state index contributed by atoms with van der Waals surface area (Å²) in [7, 11) is 5.48. The van der Waals surface area contributed by atoms with Crippen LogP contribution >= 0.6 is 0 Å². The molecule has 1 aromatic carbocycles. The van der Waals surface area contributed by atoms with E-state index in [-0.39, 0.29) is 12.5 Å². The summed E-state index contributed by atoms with van der Waals surface area (Å²) in [5, 5.41) is 12.6. The van der Waals surface area contributed by atoms with Crippen molar-refractivity contribution in [2.24, 2.45) is 0 Å². The normalized spacial score (nSPS) is 16.1. The van der Waals surface area contributed by atoms with Gasteiger partial charge in [0.2, 0.25) is 0 Å². The Kier molecular flexibility index (Phi) is 3.31. The van der Waals surface area contributed by atoms with E-state index < -0.39 is 6.10 Å². The van der Waals surface area contributed by atoms with Gasteiger partial charge >= 0.3 is 0 Å². The molecule has 0 aliphatic carbocycles. The van der Waals surface area contributed by atoms with Crippen molar-refractivity contribution in [2.75, 3.05) is 25.5 Å². The number of aliphatic hydroxyl groups is 1. The number of rotatable bonds is 3. The summed E-state index contributed by atoms with van der Waals surface area (Å²) in [4.78, 5) is 12.7. The van der Waals surface area contributed by atoms with E-state index in [4.69, 9.17) is 4.74 Å². The van der Waals surface area contributed by atoms with E-state index in [0.29, 0.717) is 18.0 Å². The number of aliphatic hydroxyl groups excluding tert-OH is 1. The van der Waals surface area contributed by atoms with Gasteiger partial charge in [-0.3, -0.25) is 4.79 Å². The number of likely N-dealkylation sites (N-methyl/N-ethyl adjacent to an activating group) is 1. The van der Waals surface area contributed by atoms with Gasteiger partial charge in [-0.1, -0.05) is 6.07 Å². The van der Waals surface area contributed by atoms with Crippen LogP contribution in [0.2, 0.25) is 0 Å². The van der Waals surface area contributed by atoms with Gasteiger partial charge in [-0.05, 0) is 24.7 Å². The van der Waals surface area contributed by atoms with Crippen molar-refractivity contribution in [1.29, 1.82) is 0 Å². The molecule has 1 amide bonds. The molecule has 1 unspecified atom stereocenters. The monoisotopic (exact) mass is 235 g/mol. The van der Waals surface area contributed by atoms with Crippen molar-refractivity contribution in [1.82, 2.24) is 4.90 Å². The zero-order valence-electron chi connectivity index (χ0n) is 9.64.